The Labute approximate surface area is 73.5 Å². The zero-order valence-corrected chi connectivity index (χ0v) is 7.55. The van der Waals surface area contributed by atoms with Crippen molar-refractivity contribution in [3.8, 4) is 0 Å². The molecule has 0 fully saturated rings. The quantitative estimate of drug-likeness (QED) is 0.682. The van der Waals surface area contributed by atoms with E-state index < -0.39 is 11.9 Å². The second-order valence-electron chi connectivity index (χ2n) is 3.10. The summed E-state index contributed by atoms with van der Waals surface area (Å²) in [7, 11) is 1.46. The SMILES string of the molecule is CC(C)c1c(C(F)(F)F)nnn1C. The Balaban J connectivity index is 3.23. The molecule has 0 amide bonds. The van der Waals surface area contributed by atoms with Crippen molar-refractivity contribution >= 4 is 0 Å². The Morgan fingerprint density at radius 1 is 1.31 bits per heavy atom. The maximum absolute atomic E-state index is 12.3. The van der Waals surface area contributed by atoms with Gasteiger partial charge in [0.05, 0.1) is 5.69 Å². The zero-order valence-electron chi connectivity index (χ0n) is 7.55. The summed E-state index contributed by atoms with van der Waals surface area (Å²) in [5.41, 5.74) is -0.766. The van der Waals surface area contributed by atoms with Crippen molar-refractivity contribution in [2.24, 2.45) is 7.05 Å². The Bertz CT molecular complexity index is 300. The van der Waals surface area contributed by atoms with Crippen molar-refractivity contribution in [1.29, 1.82) is 0 Å². The summed E-state index contributed by atoms with van der Waals surface area (Å²) in [6.45, 7) is 3.35. The minimum Gasteiger partial charge on any atom is -0.252 e. The Hall–Kier alpha value is -1.07. The molecule has 0 spiro atoms. The molecule has 6 heteroatoms. The van der Waals surface area contributed by atoms with Crippen LogP contribution in [0.15, 0.2) is 0 Å². The fourth-order valence-corrected chi connectivity index (χ4v) is 1.21. The van der Waals surface area contributed by atoms with Crippen molar-refractivity contribution in [2.75, 3.05) is 0 Å². The van der Waals surface area contributed by atoms with Gasteiger partial charge in [0.25, 0.3) is 0 Å². The fourth-order valence-electron chi connectivity index (χ4n) is 1.21. The third-order valence-electron chi connectivity index (χ3n) is 1.69. The second kappa shape index (κ2) is 3.01. The van der Waals surface area contributed by atoms with Crippen LogP contribution in [0.25, 0.3) is 0 Å². The number of alkyl halides is 3. The lowest BCUT2D eigenvalue weighted by Gasteiger charge is -2.09. The fraction of sp³-hybridized carbons (Fsp3) is 0.714. The molecule has 0 saturated heterocycles. The van der Waals surface area contributed by atoms with Crippen molar-refractivity contribution in [3.05, 3.63) is 11.4 Å². The van der Waals surface area contributed by atoms with Crippen LogP contribution in [0.2, 0.25) is 0 Å². The van der Waals surface area contributed by atoms with E-state index in [1.807, 2.05) is 0 Å². The van der Waals surface area contributed by atoms with Gasteiger partial charge in [-0.2, -0.15) is 13.2 Å². The van der Waals surface area contributed by atoms with E-state index in [4.69, 9.17) is 0 Å². The Kier molecular flexibility index (Phi) is 2.32. The monoisotopic (exact) mass is 193 g/mol. The molecule has 0 aliphatic rings. The first-order chi connectivity index (χ1) is 5.84. The first-order valence-corrected chi connectivity index (χ1v) is 3.80. The molecule has 1 rings (SSSR count). The summed E-state index contributed by atoms with van der Waals surface area (Å²) < 4.78 is 38.1. The lowest BCUT2D eigenvalue weighted by Crippen LogP contribution is -2.11. The predicted octanol–water partition coefficient (Wildman–Crippen LogP) is 1.96. The number of hydrogen-bond acceptors (Lipinski definition) is 2. The summed E-state index contributed by atoms with van der Waals surface area (Å²) in [5, 5.41) is 6.45. The highest BCUT2D eigenvalue weighted by molar-refractivity contribution is 5.16. The number of rotatable bonds is 1. The molecule has 3 nitrogen and oxygen atoms in total. The number of halogens is 3. The summed E-state index contributed by atoms with van der Waals surface area (Å²) >= 11 is 0. The predicted molar refractivity (Wildman–Crippen MR) is 40.1 cm³/mol. The van der Waals surface area contributed by atoms with Gasteiger partial charge in [0, 0.05) is 7.05 Å². The van der Waals surface area contributed by atoms with E-state index in [0.29, 0.717) is 0 Å². The molecule has 0 aliphatic heterocycles. The maximum atomic E-state index is 12.3. The number of aryl methyl sites for hydroxylation is 1. The second-order valence-corrected chi connectivity index (χ2v) is 3.10. The van der Waals surface area contributed by atoms with Gasteiger partial charge in [-0.3, -0.25) is 4.68 Å². The molecule has 1 heterocycles. The number of aromatic nitrogens is 3. The molecule has 0 N–H and O–H groups in total. The van der Waals surface area contributed by atoms with Crippen LogP contribution in [0, 0.1) is 0 Å². The molecule has 0 atom stereocenters. The highest BCUT2D eigenvalue weighted by Gasteiger charge is 2.38. The van der Waals surface area contributed by atoms with Crippen LogP contribution in [0.4, 0.5) is 13.2 Å². The van der Waals surface area contributed by atoms with Crippen LogP contribution in [-0.4, -0.2) is 15.0 Å². The largest absolute Gasteiger partial charge is 0.437 e. The molecule has 0 aliphatic carbocycles. The van der Waals surface area contributed by atoms with E-state index in [1.54, 1.807) is 13.8 Å². The van der Waals surface area contributed by atoms with E-state index in [2.05, 4.69) is 10.3 Å². The third kappa shape index (κ3) is 1.81. The van der Waals surface area contributed by atoms with Crippen molar-refractivity contribution in [3.63, 3.8) is 0 Å². The van der Waals surface area contributed by atoms with Crippen molar-refractivity contribution < 1.29 is 13.2 Å². The highest BCUT2D eigenvalue weighted by atomic mass is 19.4. The summed E-state index contributed by atoms with van der Waals surface area (Å²) in [4.78, 5) is 0. The van der Waals surface area contributed by atoms with Gasteiger partial charge in [0.1, 0.15) is 0 Å². The Morgan fingerprint density at radius 3 is 2.15 bits per heavy atom. The van der Waals surface area contributed by atoms with Crippen LogP contribution in [0.1, 0.15) is 31.2 Å². The molecule has 0 bridgehead atoms. The van der Waals surface area contributed by atoms with Crippen molar-refractivity contribution in [2.45, 2.75) is 25.9 Å². The minimum atomic E-state index is -4.41. The van der Waals surface area contributed by atoms with Crippen LogP contribution < -0.4 is 0 Å². The molecule has 0 saturated carbocycles. The average Bonchev–Trinajstić information content (AvgIpc) is 2.28. The van der Waals surface area contributed by atoms with Crippen LogP contribution in [0.5, 0.6) is 0 Å². The summed E-state index contributed by atoms with van der Waals surface area (Å²) in [6, 6.07) is 0. The minimum absolute atomic E-state index is 0.118. The van der Waals surface area contributed by atoms with Gasteiger partial charge in [-0.15, -0.1) is 5.10 Å². The van der Waals surface area contributed by atoms with Crippen LogP contribution in [0.3, 0.4) is 0 Å². The molecular weight excluding hydrogens is 183 g/mol. The van der Waals surface area contributed by atoms with Gasteiger partial charge in [0.2, 0.25) is 0 Å². The summed E-state index contributed by atoms with van der Waals surface area (Å²) in [6.07, 6.45) is -4.41. The number of nitrogens with zero attached hydrogens (tertiary/aromatic N) is 3. The highest BCUT2D eigenvalue weighted by Crippen LogP contribution is 2.32. The molecule has 1 aromatic rings. The van der Waals surface area contributed by atoms with Gasteiger partial charge in [-0.05, 0) is 5.92 Å². The van der Waals surface area contributed by atoms with Crippen LogP contribution in [-0.2, 0) is 13.2 Å². The van der Waals surface area contributed by atoms with Crippen LogP contribution >= 0.6 is 0 Å². The first-order valence-electron chi connectivity index (χ1n) is 3.80. The third-order valence-corrected chi connectivity index (χ3v) is 1.69. The molecule has 74 valence electrons. The topological polar surface area (TPSA) is 30.7 Å². The summed E-state index contributed by atoms with van der Waals surface area (Å²) in [5.74, 6) is -0.239. The van der Waals surface area contributed by atoms with E-state index in [9.17, 15) is 13.2 Å². The van der Waals surface area contributed by atoms with E-state index in [1.165, 1.54) is 7.05 Å². The van der Waals surface area contributed by atoms with Gasteiger partial charge in [0.15, 0.2) is 5.69 Å². The van der Waals surface area contributed by atoms with Gasteiger partial charge < -0.3 is 0 Å². The van der Waals surface area contributed by atoms with E-state index in [0.717, 1.165) is 4.68 Å². The Morgan fingerprint density at radius 2 is 1.85 bits per heavy atom. The van der Waals surface area contributed by atoms with Crippen molar-refractivity contribution in [1.82, 2.24) is 15.0 Å². The molecule has 0 aromatic carbocycles. The normalized spacial score (nSPS) is 12.5. The van der Waals surface area contributed by atoms with Gasteiger partial charge in [-0.25, -0.2) is 0 Å². The molecule has 0 unspecified atom stereocenters. The van der Waals surface area contributed by atoms with Gasteiger partial charge in [-0.1, -0.05) is 19.1 Å². The zero-order chi connectivity index (χ0) is 10.2. The lowest BCUT2D eigenvalue weighted by atomic mass is 10.1. The van der Waals surface area contributed by atoms with E-state index >= 15 is 0 Å². The lowest BCUT2D eigenvalue weighted by molar-refractivity contribution is -0.142. The first kappa shape index (κ1) is 10.0. The standard InChI is InChI=1S/C7H10F3N3/c1-4(2)5-6(7(8,9)10)11-12-13(5)3/h4H,1-3H3. The smallest absolute Gasteiger partial charge is 0.252 e. The van der Waals surface area contributed by atoms with Gasteiger partial charge >= 0.3 is 6.18 Å². The maximum Gasteiger partial charge on any atom is 0.437 e. The molecular formula is C7H10F3N3. The number of hydrogen-bond donors (Lipinski definition) is 0. The molecule has 0 radical (unpaired) electrons. The molecule has 13 heavy (non-hydrogen) atoms. The molecule has 1 aromatic heterocycles. The van der Waals surface area contributed by atoms with E-state index in [-0.39, 0.29) is 11.6 Å². The average molecular weight is 193 g/mol.